The van der Waals surface area contributed by atoms with Crippen LogP contribution in [0.4, 0.5) is 14.9 Å². The van der Waals surface area contributed by atoms with Gasteiger partial charge in [-0.2, -0.15) is 0 Å². The lowest BCUT2D eigenvalue weighted by Crippen LogP contribution is -2.34. The summed E-state index contributed by atoms with van der Waals surface area (Å²) >= 11 is 12.5. The van der Waals surface area contributed by atoms with Crippen LogP contribution in [-0.4, -0.2) is 10.9 Å². The average molecular weight is 403 g/mol. The molecule has 0 unspecified atom stereocenters. The Hall–Kier alpha value is -2.56. The molecule has 0 aromatic heterocycles. The van der Waals surface area contributed by atoms with Gasteiger partial charge in [0.25, 0.3) is 0 Å². The first kappa shape index (κ1) is 19.2. The van der Waals surface area contributed by atoms with Crippen LogP contribution in [0.2, 0.25) is 10.0 Å². The van der Waals surface area contributed by atoms with E-state index < -0.39 is 0 Å². The lowest BCUT2D eigenvalue weighted by atomic mass is 10.1. The summed E-state index contributed by atoms with van der Waals surface area (Å²) in [4.78, 5) is 14.5. The molecular weight excluding hydrogens is 386 g/mol. The van der Waals surface area contributed by atoms with Crippen LogP contribution in [0.25, 0.3) is 0 Å². The Morgan fingerprint density at radius 3 is 2.11 bits per heavy atom. The molecule has 0 saturated heterocycles. The second-order valence-corrected chi connectivity index (χ2v) is 6.79. The Morgan fingerprint density at radius 2 is 1.48 bits per heavy atom. The third-order valence-electron chi connectivity index (χ3n) is 4.01. The largest absolute Gasteiger partial charge is 0.322 e. The van der Waals surface area contributed by atoms with Crippen molar-refractivity contribution in [1.29, 1.82) is 0 Å². The maximum Gasteiger partial charge on any atom is 0.322 e. The van der Waals surface area contributed by atoms with Gasteiger partial charge in [0.1, 0.15) is 5.82 Å². The summed E-state index contributed by atoms with van der Waals surface area (Å²) in [6.07, 6.45) is 0. The van der Waals surface area contributed by atoms with E-state index in [9.17, 15) is 9.18 Å². The molecule has 0 saturated carbocycles. The standard InChI is InChI=1S/C21H17Cl2FN2O/c22-19-7-4-8-20(23)18(19)14-26(13-15-5-2-1-3-6-15)21(27)25-17-11-9-16(24)10-12-17/h1-12H,13-14H2,(H,25,27). The summed E-state index contributed by atoms with van der Waals surface area (Å²) in [6.45, 7) is 0.607. The molecular formula is C21H17Cl2FN2O. The number of hydrogen-bond acceptors (Lipinski definition) is 1. The normalized spacial score (nSPS) is 10.5. The third kappa shape index (κ3) is 5.22. The zero-order valence-electron chi connectivity index (χ0n) is 14.3. The molecule has 0 heterocycles. The Labute approximate surface area is 167 Å². The molecule has 6 heteroatoms. The van der Waals surface area contributed by atoms with Gasteiger partial charge in [0.05, 0.1) is 6.54 Å². The number of hydrogen-bond donors (Lipinski definition) is 1. The van der Waals surface area contributed by atoms with E-state index in [4.69, 9.17) is 23.2 Å². The SMILES string of the molecule is O=C(Nc1ccc(F)cc1)N(Cc1ccccc1)Cc1c(Cl)cccc1Cl. The maximum atomic E-state index is 13.1. The monoisotopic (exact) mass is 402 g/mol. The molecule has 3 rings (SSSR count). The van der Waals surface area contributed by atoms with Gasteiger partial charge in [-0.05, 0) is 42.0 Å². The Morgan fingerprint density at radius 1 is 0.852 bits per heavy atom. The lowest BCUT2D eigenvalue weighted by Gasteiger charge is -2.24. The summed E-state index contributed by atoms with van der Waals surface area (Å²) in [6, 6.07) is 20.1. The number of carbonyl (C=O) groups is 1. The van der Waals surface area contributed by atoms with Crippen LogP contribution in [0.15, 0.2) is 72.8 Å². The van der Waals surface area contributed by atoms with Gasteiger partial charge in [0.15, 0.2) is 0 Å². The number of anilines is 1. The highest BCUT2D eigenvalue weighted by Crippen LogP contribution is 2.26. The number of rotatable bonds is 5. The zero-order chi connectivity index (χ0) is 19.2. The number of carbonyl (C=O) groups excluding carboxylic acids is 1. The summed E-state index contributed by atoms with van der Waals surface area (Å²) in [5.41, 5.74) is 2.14. The minimum absolute atomic E-state index is 0.237. The molecule has 2 amide bonds. The minimum atomic E-state index is -0.364. The van der Waals surface area contributed by atoms with Crippen LogP contribution in [0.5, 0.6) is 0 Å². The van der Waals surface area contributed by atoms with Gasteiger partial charge in [-0.1, -0.05) is 59.6 Å². The highest BCUT2D eigenvalue weighted by molar-refractivity contribution is 6.36. The second kappa shape index (κ2) is 8.89. The molecule has 1 N–H and O–H groups in total. The van der Waals surface area contributed by atoms with Gasteiger partial charge in [0, 0.05) is 27.8 Å². The fraction of sp³-hybridized carbons (Fsp3) is 0.0952. The molecule has 3 aromatic rings. The second-order valence-electron chi connectivity index (χ2n) is 5.98. The first-order valence-corrected chi connectivity index (χ1v) is 9.07. The molecule has 3 nitrogen and oxygen atoms in total. The topological polar surface area (TPSA) is 32.3 Å². The van der Waals surface area contributed by atoms with Crippen molar-refractivity contribution in [3.63, 3.8) is 0 Å². The first-order valence-electron chi connectivity index (χ1n) is 8.31. The smallest absolute Gasteiger partial charge is 0.316 e. The van der Waals surface area contributed by atoms with Crippen molar-refractivity contribution < 1.29 is 9.18 Å². The lowest BCUT2D eigenvalue weighted by molar-refractivity contribution is 0.206. The van der Waals surface area contributed by atoms with Crippen molar-refractivity contribution in [3.8, 4) is 0 Å². The van der Waals surface area contributed by atoms with Crippen molar-refractivity contribution >= 4 is 34.9 Å². The number of urea groups is 1. The number of benzene rings is 3. The number of amides is 2. The Bertz CT molecular complexity index is 897. The van der Waals surface area contributed by atoms with E-state index >= 15 is 0 Å². The molecule has 0 aliphatic carbocycles. The van der Waals surface area contributed by atoms with Crippen molar-refractivity contribution in [2.24, 2.45) is 0 Å². The molecule has 0 spiro atoms. The highest BCUT2D eigenvalue weighted by atomic mass is 35.5. The van der Waals surface area contributed by atoms with Crippen LogP contribution in [0.1, 0.15) is 11.1 Å². The summed E-state index contributed by atoms with van der Waals surface area (Å²) in [5, 5.41) is 3.77. The van der Waals surface area contributed by atoms with E-state index in [1.165, 1.54) is 24.3 Å². The summed E-state index contributed by atoms with van der Waals surface area (Å²) in [7, 11) is 0. The first-order chi connectivity index (χ1) is 13.0. The fourth-order valence-corrected chi connectivity index (χ4v) is 3.13. The highest BCUT2D eigenvalue weighted by Gasteiger charge is 2.18. The fourth-order valence-electron chi connectivity index (χ4n) is 2.61. The molecule has 0 aliphatic rings. The van der Waals surface area contributed by atoms with Crippen LogP contribution in [0.3, 0.4) is 0 Å². The Balaban J connectivity index is 1.84. The molecule has 0 fully saturated rings. The van der Waals surface area contributed by atoms with Crippen LogP contribution < -0.4 is 5.32 Å². The average Bonchev–Trinajstić information content (AvgIpc) is 2.66. The predicted molar refractivity (Wildman–Crippen MR) is 108 cm³/mol. The van der Waals surface area contributed by atoms with Gasteiger partial charge in [-0.3, -0.25) is 0 Å². The van der Waals surface area contributed by atoms with Crippen molar-refractivity contribution in [2.45, 2.75) is 13.1 Å². The van der Waals surface area contributed by atoms with E-state index in [1.54, 1.807) is 23.1 Å². The van der Waals surface area contributed by atoms with Gasteiger partial charge < -0.3 is 10.2 Å². The number of halogens is 3. The number of nitrogens with one attached hydrogen (secondary N) is 1. The van der Waals surface area contributed by atoms with E-state index in [2.05, 4.69) is 5.32 Å². The minimum Gasteiger partial charge on any atom is -0.316 e. The summed E-state index contributed by atoms with van der Waals surface area (Å²) < 4.78 is 13.1. The van der Waals surface area contributed by atoms with Crippen molar-refractivity contribution in [2.75, 3.05) is 5.32 Å². The van der Waals surface area contributed by atoms with Gasteiger partial charge in [-0.25, -0.2) is 9.18 Å². The zero-order valence-corrected chi connectivity index (χ0v) is 15.8. The van der Waals surface area contributed by atoms with E-state index in [-0.39, 0.29) is 18.4 Å². The molecule has 27 heavy (non-hydrogen) atoms. The predicted octanol–water partition coefficient (Wildman–Crippen LogP) is 6.37. The Kier molecular flexibility index (Phi) is 6.32. The number of nitrogens with zero attached hydrogens (tertiary/aromatic N) is 1. The van der Waals surface area contributed by atoms with Gasteiger partial charge >= 0.3 is 6.03 Å². The van der Waals surface area contributed by atoms with E-state index in [0.29, 0.717) is 27.8 Å². The quantitative estimate of drug-likeness (QED) is 0.528. The molecule has 0 aliphatic heterocycles. The van der Waals surface area contributed by atoms with E-state index in [1.807, 2.05) is 30.3 Å². The van der Waals surface area contributed by atoms with Crippen molar-refractivity contribution in [1.82, 2.24) is 4.90 Å². The molecule has 3 aromatic carbocycles. The molecule has 138 valence electrons. The van der Waals surface area contributed by atoms with Crippen molar-refractivity contribution in [3.05, 3.63) is 99.8 Å². The maximum absolute atomic E-state index is 13.1. The summed E-state index contributed by atoms with van der Waals surface area (Å²) in [5.74, 6) is -0.364. The van der Waals surface area contributed by atoms with Crippen LogP contribution in [0, 0.1) is 5.82 Å². The van der Waals surface area contributed by atoms with Gasteiger partial charge in [0.2, 0.25) is 0 Å². The molecule has 0 atom stereocenters. The van der Waals surface area contributed by atoms with Crippen LogP contribution >= 0.6 is 23.2 Å². The van der Waals surface area contributed by atoms with E-state index in [0.717, 1.165) is 5.56 Å². The molecule has 0 radical (unpaired) electrons. The van der Waals surface area contributed by atoms with Gasteiger partial charge in [-0.15, -0.1) is 0 Å². The molecule has 0 bridgehead atoms. The van der Waals surface area contributed by atoms with Crippen LogP contribution in [-0.2, 0) is 13.1 Å². The third-order valence-corrected chi connectivity index (χ3v) is 4.72.